The predicted octanol–water partition coefficient (Wildman–Crippen LogP) is 2.10. The number of imidazole rings is 1. The molecule has 0 amide bonds. The number of rotatable bonds is 2. The third-order valence-electron chi connectivity index (χ3n) is 2.46. The molecule has 3 nitrogen and oxygen atoms in total. The summed E-state index contributed by atoms with van der Waals surface area (Å²) in [7, 11) is 1.70. The molecule has 0 unspecified atom stereocenters. The van der Waals surface area contributed by atoms with Crippen LogP contribution in [-0.2, 0) is 7.05 Å². The van der Waals surface area contributed by atoms with Gasteiger partial charge in [-0.2, -0.15) is 0 Å². The molecule has 0 bridgehead atoms. The van der Waals surface area contributed by atoms with Crippen molar-refractivity contribution in [1.29, 1.82) is 0 Å². The summed E-state index contributed by atoms with van der Waals surface area (Å²) in [4.78, 5) is 15.9. The van der Waals surface area contributed by atoms with Crippen molar-refractivity contribution in [2.75, 3.05) is 0 Å². The molecule has 0 radical (unpaired) electrons. The normalized spacial score (nSPS) is 10.4. The molecule has 1 aromatic heterocycles. The van der Waals surface area contributed by atoms with Crippen LogP contribution in [0.15, 0.2) is 30.6 Å². The number of benzene rings is 1. The number of carbonyl (C=O) groups is 1. The van der Waals surface area contributed by atoms with Gasteiger partial charge in [-0.3, -0.25) is 4.79 Å². The zero-order valence-electron chi connectivity index (χ0n) is 9.07. The van der Waals surface area contributed by atoms with Gasteiger partial charge in [-0.15, -0.1) is 0 Å². The Kier molecular flexibility index (Phi) is 2.56. The lowest BCUT2D eigenvalue weighted by Gasteiger charge is -2.04. The second-order valence-electron chi connectivity index (χ2n) is 3.63. The summed E-state index contributed by atoms with van der Waals surface area (Å²) in [6.07, 6.45) is 3.17. The van der Waals surface area contributed by atoms with Crippen molar-refractivity contribution >= 4 is 5.78 Å². The van der Waals surface area contributed by atoms with E-state index in [1.165, 1.54) is 12.3 Å². The number of halogens is 1. The molecule has 4 heteroatoms. The van der Waals surface area contributed by atoms with Gasteiger partial charge in [-0.05, 0) is 18.6 Å². The van der Waals surface area contributed by atoms with E-state index in [1.54, 1.807) is 36.9 Å². The lowest BCUT2D eigenvalue weighted by molar-refractivity contribution is 0.102. The number of nitrogens with zero attached hydrogens (tertiary/aromatic N) is 2. The topological polar surface area (TPSA) is 34.9 Å². The van der Waals surface area contributed by atoms with Crippen LogP contribution in [0, 0.1) is 12.7 Å². The van der Waals surface area contributed by atoms with Crippen molar-refractivity contribution in [3.05, 3.63) is 53.4 Å². The zero-order chi connectivity index (χ0) is 11.7. The van der Waals surface area contributed by atoms with Crippen molar-refractivity contribution in [3.63, 3.8) is 0 Å². The fraction of sp³-hybridized carbons (Fsp3) is 0.167. The first-order valence-electron chi connectivity index (χ1n) is 4.88. The fourth-order valence-electron chi connectivity index (χ4n) is 1.53. The highest BCUT2D eigenvalue weighted by Crippen LogP contribution is 2.15. The van der Waals surface area contributed by atoms with E-state index in [2.05, 4.69) is 4.98 Å². The number of aromatic nitrogens is 2. The van der Waals surface area contributed by atoms with Gasteiger partial charge in [0.05, 0.1) is 5.56 Å². The molecule has 1 aromatic carbocycles. The Morgan fingerprint density at radius 2 is 2.19 bits per heavy atom. The van der Waals surface area contributed by atoms with Crippen LogP contribution < -0.4 is 0 Å². The first-order valence-corrected chi connectivity index (χ1v) is 4.88. The van der Waals surface area contributed by atoms with Crippen molar-refractivity contribution in [3.8, 4) is 0 Å². The van der Waals surface area contributed by atoms with Gasteiger partial charge < -0.3 is 4.57 Å². The van der Waals surface area contributed by atoms with Gasteiger partial charge >= 0.3 is 0 Å². The largest absolute Gasteiger partial charge is 0.331 e. The van der Waals surface area contributed by atoms with Gasteiger partial charge in [-0.25, -0.2) is 9.37 Å². The van der Waals surface area contributed by atoms with Crippen LogP contribution in [-0.4, -0.2) is 15.3 Å². The SMILES string of the molecule is Cc1cccc(C(=O)c2nccn2C)c1F. The van der Waals surface area contributed by atoms with Crippen LogP contribution in [0.5, 0.6) is 0 Å². The van der Waals surface area contributed by atoms with Gasteiger partial charge in [0.2, 0.25) is 5.78 Å². The Hall–Kier alpha value is -1.97. The molecule has 0 N–H and O–H groups in total. The second-order valence-corrected chi connectivity index (χ2v) is 3.63. The minimum Gasteiger partial charge on any atom is -0.331 e. The Morgan fingerprint density at radius 1 is 1.44 bits per heavy atom. The van der Waals surface area contributed by atoms with Crippen molar-refractivity contribution < 1.29 is 9.18 Å². The third kappa shape index (κ3) is 1.62. The summed E-state index contributed by atoms with van der Waals surface area (Å²) >= 11 is 0. The van der Waals surface area contributed by atoms with Gasteiger partial charge in [0, 0.05) is 19.4 Å². The summed E-state index contributed by atoms with van der Waals surface area (Å²) < 4.78 is 15.3. The molecule has 0 spiro atoms. The molecule has 16 heavy (non-hydrogen) atoms. The Morgan fingerprint density at radius 3 is 2.81 bits per heavy atom. The van der Waals surface area contributed by atoms with E-state index in [0.717, 1.165) is 0 Å². The smallest absolute Gasteiger partial charge is 0.231 e. The Balaban J connectivity index is 2.50. The van der Waals surface area contributed by atoms with Crippen LogP contribution in [0.25, 0.3) is 0 Å². The monoisotopic (exact) mass is 218 g/mol. The van der Waals surface area contributed by atoms with Crippen LogP contribution >= 0.6 is 0 Å². The molecule has 0 aliphatic rings. The number of hydrogen-bond acceptors (Lipinski definition) is 2. The maximum Gasteiger partial charge on any atom is 0.231 e. The summed E-state index contributed by atoms with van der Waals surface area (Å²) in [5, 5.41) is 0. The molecule has 0 saturated heterocycles. The predicted molar refractivity (Wildman–Crippen MR) is 57.8 cm³/mol. The van der Waals surface area contributed by atoms with Crippen LogP contribution in [0.1, 0.15) is 21.7 Å². The van der Waals surface area contributed by atoms with Crippen molar-refractivity contribution in [2.24, 2.45) is 7.05 Å². The lowest BCUT2D eigenvalue weighted by Crippen LogP contribution is -2.11. The van der Waals surface area contributed by atoms with Crippen molar-refractivity contribution in [1.82, 2.24) is 9.55 Å². The van der Waals surface area contributed by atoms with Gasteiger partial charge in [0.1, 0.15) is 5.82 Å². The van der Waals surface area contributed by atoms with E-state index in [0.29, 0.717) is 5.56 Å². The fourth-order valence-corrected chi connectivity index (χ4v) is 1.53. The molecule has 1 heterocycles. The van der Waals surface area contributed by atoms with Crippen molar-refractivity contribution in [2.45, 2.75) is 6.92 Å². The standard InChI is InChI=1S/C12H11FN2O/c1-8-4-3-5-9(10(8)13)11(16)12-14-6-7-15(12)2/h3-7H,1-2H3. The summed E-state index contributed by atoms with van der Waals surface area (Å²) in [5.41, 5.74) is 0.523. The minimum absolute atomic E-state index is 0.0642. The maximum atomic E-state index is 13.7. The molecule has 0 fully saturated rings. The highest BCUT2D eigenvalue weighted by atomic mass is 19.1. The van der Waals surface area contributed by atoms with Gasteiger partial charge in [0.25, 0.3) is 0 Å². The first-order chi connectivity index (χ1) is 7.61. The van der Waals surface area contributed by atoms with Gasteiger partial charge in [-0.1, -0.05) is 12.1 Å². The number of aryl methyl sites for hydroxylation is 2. The van der Waals surface area contributed by atoms with Gasteiger partial charge in [0.15, 0.2) is 5.82 Å². The maximum absolute atomic E-state index is 13.7. The molecule has 0 aliphatic carbocycles. The molecule has 0 saturated carbocycles. The molecule has 2 rings (SSSR count). The number of hydrogen-bond donors (Lipinski definition) is 0. The molecule has 2 aromatic rings. The van der Waals surface area contributed by atoms with E-state index in [4.69, 9.17) is 0 Å². The van der Waals surface area contributed by atoms with E-state index in [-0.39, 0.29) is 11.4 Å². The van der Waals surface area contributed by atoms with E-state index in [9.17, 15) is 9.18 Å². The average molecular weight is 218 g/mol. The number of ketones is 1. The highest BCUT2D eigenvalue weighted by molar-refractivity contribution is 6.06. The van der Waals surface area contributed by atoms with E-state index >= 15 is 0 Å². The molecule has 82 valence electrons. The molecule has 0 aliphatic heterocycles. The third-order valence-corrected chi connectivity index (χ3v) is 2.46. The van der Waals surface area contributed by atoms with Crippen LogP contribution in [0.3, 0.4) is 0 Å². The Labute approximate surface area is 92.5 Å². The lowest BCUT2D eigenvalue weighted by atomic mass is 10.1. The quantitative estimate of drug-likeness (QED) is 0.723. The summed E-state index contributed by atoms with van der Waals surface area (Å²) in [5.74, 6) is -0.631. The molecular formula is C12H11FN2O. The minimum atomic E-state index is -0.476. The average Bonchev–Trinajstić information content (AvgIpc) is 2.68. The first kappa shape index (κ1) is 10.5. The number of carbonyl (C=O) groups excluding carboxylic acids is 1. The van der Waals surface area contributed by atoms with Crippen LogP contribution in [0.4, 0.5) is 4.39 Å². The van der Waals surface area contributed by atoms with Crippen LogP contribution in [0.2, 0.25) is 0 Å². The Bertz CT molecular complexity index is 546. The van der Waals surface area contributed by atoms with E-state index in [1.807, 2.05) is 0 Å². The zero-order valence-corrected chi connectivity index (χ0v) is 9.07. The summed E-state index contributed by atoms with van der Waals surface area (Å²) in [6, 6.07) is 4.76. The highest BCUT2D eigenvalue weighted by Gasteiger charge is 2.18. The molecule has 0 atom stereocenters. The van der Waals surface area contributed by atoms with E-state index < -0.39 is 11.6 Å². The summed E-state index contributed by atoms with van der Waals surface area (Å²) in [6.45, 7) is 1.63. The molecular weight excluding hydrogens is 207 g/mol. The second kappa shape index (κ2) is 3.89.